The summed E-state index contributed by atoms with van der Waals surface area (Å²) in [6.07, 6.45) is 3.25. The number of benzene rings is 1. The Bertz CT molecular complexity index is 547. The van der Waals surface area contributed by atoms with Crippen molar-refractivity contribution in [2.24, 2.45) is 0 Å². The molecule has 1 aromatic heterocycles. The van der Waals surface area contributed by atoms with E-state index >= 15 is 0 Å². The van der Waals surface area contributed by atoms with Crippen LogP contribution in [0.1, 0.15) is 11.8 Å². The molecular formula is C14H13ClN2O2. The summed E-state index contributed by atoms with van der Waals surface area (Å²) in [7, 11) is 0. The summed E-state index contributed by atoms with van der Waals surface area (Å²) >= 11 is 6.10. The van der Waals surface area contributed by atoms with Crippen LogP contribution in [0.15, 0.2) is 48.8 Å². The first-order chi connectivity index (χ1) is 9.24. The second-order valence-corrected chi connectivity index (χ2v) is 4.84. The van der Waals surface area contributed by atoms with Crippen molar-refractivity contribution in [3.63, 3.8) is 0 Å². The highest BCUT2D eigenvalue weighted by molar-refractivity contribution is 6.20. The molecule has 0 bridgehead atoms. The molecule has 1 N–H and O–H groups in total. The maximum atomic E-state index is 9.35. The Hall–Kier alpha value is -1.78. The van der Waals surface area contributed by atoms with Gasteiger partial charge in [0.2, 0.25) is 0 Å². The Morgan fingerprint density at radius 2 is 2.05 bits per heavy atom. The van der Waals surface area contributed by atoms with Crippen molar-refractivity contribution in [2.45, 2.75) is 11.8 Å². The summed E-state index contributed by atoms with van der Waals surface area (Å²) in [6, 6.07) is 10.8. The van der Waals surface area contributed by atoms with Gasteiger partial charge >= 0.3 is 0 Å². The van der Waals surface area contributed by atoms with E-state index in [1.54, 1.807) is 24.5 Å². The minimum absolute atomic E-state index is 0.240. The van der Waals surface area contributed by atoms with Gasteiger partial charge in [0.05, 0.1) is 6.54 Å². The molecule has 1 aliphatic heterocycles. The first-order valence-corrected chi connectivity index (χ1v) is 6.43. The molecular weight excluding hydrogens is 264 g/mol. The Morgan fingerprint density at radius 3 is 2.74 bits per heavy atom. The average Bonchev–Trinajstić information content (AvgIpc) is 2.83. The molecule has 0 aliphatic carbocycles. The van der Waals surface area contributed by atoms with Crippen molar-refractivity contribution in [3.05, 3.63) is 54.4 Å². The Kier molecular flexibility index (Phi) is 3.27. The van der Waals surface area contributed by atoms with E-state index in [0.717, 1.165) is 11.3 Å². The first kappa shape index (κ1) is 12.3. The van der Waals surface area contributed by atoms with Gasteiger partial charge in [-0.1, -0.05) is 17.7 Å². The maximum absolute atomic E-state index is 9.35. The van der Waals surface area contributed by atoms with Crippen LogP contribution in [0.2, 0.25) is 0 Å². The lowest BCUT2D eigenvalue weighted by molar-refractivity contribution is 0.0909. The standard InChI is InChI=1S/C14H13ClN2O2/c15-13-9-17(11-3-5-12(18)6-4-11)14(19-13)10-2-1-7-16-8-10/h1-8,13-14,18H,9H2. The fraction of sp³-hybridized carbons (Fsp3) is 0.214. The smallest absolute Gasteiger partial charge is 0.160 e. The molecule has 3 rings (SSSR count). The van der Waals surface area contributed by atoms with E-state index in [-0.39, 0.29) is 17.5 Å². The highest BCUT2D eigenvalue weighted by Gasteiger charge is 2.33. The number of rotatable bonds is 2. The number of aromatic nitrogens is 1. The van der Waals surface area contributed by atoms with Crippen LogP contribution in [0.3, 0.4) is 0 Å². The van der Waals surface area contributed by atoms with Gasteiger partial charge in [0.1, 0.15) is 5.75 Å². The van der Waals surface area contributed by atoms with E-state index in [4.69, 9.17) is 16.3 Å². The molecule has 1 fully saturated rings. The predicted octanol–water partition coefficient (Wildman–Crippen LogP) is 2.89. The van der Waals surface area contributed by atoms with E-state index in [1.807, 2.05) is 29.2 Å². The van der Waals surface area contributed by atoms with Crippen molar-refractivity contribution >= 4 is 17.3 Å². The number of ether oxygens (including phenoxy) is 1. The molecule has 1 saturated heterocycles. The second kappa shape index (κ2) is 5.07. The number of anilines is 1. The van der Waals surface area contributed by atoms with Gasteiger partial charge < -0.3 is 14.7 Å². The van der Waals surface area contributed by atoms with Gasteiger partial charge in [0.25, 0.3) is 0 Å². The van der Waals surface area contributed by atoms with Crippen LogP contribution in [-0.4, -0.2) is 22.2 Å². The van der Waals surface area contributed by atoms with Crippen LogP contribution in [0, 0.1) is 0 Å². The number of nitrogens with zero attached hydrogens (tertiary/aromatic N) is 2. The zero-order valence-electron chi connectivity index (χ0n) is 10.1. The van der Waals surface area contributed by atoms with Crippen molar-refractivity contribution in [1.29, 1.82) is 0 Å². The number of aromatic hydroxyl groups is 1. The molecule has 1 aliphatic rings. The third kappa shape index (κ3) is 2.50. The van der Waals surface area contributed by atoms with Gasteiger partial charge in [-0.25, -0.2) is 0 Å². The van der Waals surface area contributed by atoms with Crippen molar-refractivity contribution in [1.82, 2.24) is 4.98 Å². The molecule has 5 heteroatoms. The number of phenolic OH excluding ortho intramolecular Hbond substituents is 1. The summed E-state index contributed by atoms with van der Waals surface area (Å²) in [6.45, 7) is 0.589. The van der Waals surface area contributed by atoms with Gasteiger partial charge in [-0.2, -0.15) is 0 Å². The number of hydrogen-bond acceptors (Lipinski definition) is 4. The lowest BCUT2D eigenvalue weighted by atomic mass is 10.2. The van der Waals surface area contributed by atoms with Gasteiger partial charge in [-0.3, -0.25) is 4.98 Å². The maximum Gasteiger partial charge on any atom is 0.160 e. The molecule has 2 heterocycles. The number of phenols is 1. The van der Waals surface area contributed by atoms with Crippen LogP contribution < -0.4 is 4.90 Å². The third-order valence-corrected chi connectivity index (χ3v) is 3.29. The minimum Gasteiger partial charge on any atom is -0.508 e. The van der Waals surface area contributed by atoms with Crippen LogP contribution in [0.5, 0.6) is 5.75 Å². The van der Waals surface area contributed by atoms with E-state index < -0.39 is 0 Å². The first-order valence-electron chi connectivity index (χ1n) is 5.99. The summed E-state index contributed by atoms with van der Waals surface area (Å²) < 4.78 is 5.73. The molecule has 4 nitrogen and oxygen atoms in total. The van der Waals surface area contributed by atoms with Crippen LogP contribution in [-0.2, 0) is 4.74 Å². The monoisotopic (exact) mass is 276 g/mol. The number of hydrogen-bond donors (Lipinski definition) is 1. The number of halogens is 1. The molecule has 1 aromatic carbocycles. The summed E-state index contributed by atoms with van der Waals surface area (Å²) in [5.41, 5.74) is 1.55. The van der Waals surface area contributed by atoms with Gasteiger partial charge in [-0.05, 0) is 30.3 Å². The van der Waals surface area contributed by atoms with Crippen LogP contribution in [0.4, 0.5) is 5.69 Å². The molecule has 0 saturated carbocycles. The topological polar surface area (TPSA) is 45.6 Å². The molecule has 2 aromatic rings. The van der Waals surface area contributed by atoms with Crippen LogP contribution in [0.25, 0.3) is 0 Å². The lowest BCUT2D eigenvalue weighted by Gasteiger charge is -2.24. The van der Waals surface area contributed by atoms with E-state index in [2.05, 4.69) is 4.98 Å². The SMILES string of the molecule is Oc1ccc(N2CC(Cl)OC2c2cccnc2)cc1. The molecule has 19 heavy (non-hydrogen) atoms. The van der Waals surface area contributed by atoms with Crippen molar-refractivity contribution in [2.75, 3.05) is 11.4 Å². The Balaban J connectivity index is 1.92. The molecule has 0 radical (unpaired) electrons. The van der Waals surface area contributed by atoms with Gasteiger partial charge in [-0.15, -0.1) is 0 Å². The lowest BCUT2D eigenvalue weighted by Crippen LogP contribution is -2.23. The quantitative estimate of drug-likeness (QED) is 0.857. The van der Waals surface area contributed by atoms with E-state index in [9.17, 15) is 5.11 Å². The minimum atomic E-state index is -0.362. The summed E-state index contributed by atoms with van der Waals surface area (Å²) in [4.78, 5) is 6.16. The molecule has 2 atom stereocenters. The zero-order chi connectivity index (χ0) is 13.2. The predicted molar refractivity (Wildman–Crippen MR) is 73.2 cm³/mol. The van der Waals surface area contributed by atoms with E-state index in [0.29, 0.717) is 6.54 Å². The zero-order valence-corrected chi connectivity index (χ0v) is 10.9. The van der Waals surface area contributed by atoms with E-state index in [1.165, 1.54) is 0 Å². The Morgan fingerprint density at radius 1 is 1.26 bits per heavy atom. The highest BCUT2D eigenvalue weighted by atomic mass is 35.5. The number of pyridine rings is 1. The molecule has 0 amide bonds. The fourth-order valence-corrected chi connectivity index (χ4v) is 2.42. The Labute approximate surface area is 116 Å². The largest absolute Gasteiger partial charge is 0.508 e. The highest BCUT2D eigenvalue weighted by Crippen LogP contribution is 2.35. The second-order valence-electron chi connectivity index (χ2n) is 4.35. The fourth-order valence-electron chi connectivity index (χ4n) is 2.17. The summed E-state index contributed by atoms with van der Waals surface area (Å²) in [5.74, 6) is 0.240. The third-order valence-electron chi connectivity index (χ3n) is 3.05. The molecule has 98 valence electrons. The van der Waals surface area contributed by atoms with Gasteiger partial charge in [0, 0.05) is 23.6 Å². The molecule has 2 unspecified atom stereocenters. The van der Waals surface area contributed by atoms with Crippen LogP contribution >= 0.6 is 11.6 Å². The summed E-state index contributed by atoms with van der Waals surface area (Å²) in [5, 5.41) is 9.35. The number of alkyl halides is 1. The molecule has 0 spiro atoms. The average molecular weight is 277 g/mol. The normalized spacial score (nSPS) is 22.7. The van der Waals surface area contributed by atoms with Crippen molar-refractivity contribution < 1.29 is 9.84 Å². The van der Waals surface area contributed by atoms with Crippen molar-refractivity contribution in [3.8, 4) is 5.75 Å². The van der Waals surface area contributed by atoms with Gasteiger partial charge in [0.15, 0.2) is 11.8 Å².